The number of esters is 1. The van der Waals surface area contributed by atoms with Crippen molar-refractivity contribution in [2.75, 3.05) is 13.7 Å². The number of benzene rings is 1. The molecule has 0 bridgehead atoms. The van der Waals surface area contributed by atoms with Crippen LogP contribution in [-0.4, -0.2) is 30.0 Å². The van der Waals surface area contributed by atoms with Crippen molar-refractivity contribution in [1.82, 2.24) is 4.57 Å². The molecule has 0 aliphatic carbocycles. The van der Waals surface area contributed by atoms with E-state index in [-0.39, 0.29) is 12.4 Å². The number of aromatic nitrogens is 1. The van der Waals surface area contributed by atoms with Gasteiger partial charge in [-0.15, -0.1) is 0 Å². The zero-order valence-electron chi connectivity index (χ0n) is 18.1. The van der Waals surface area contributed by atoms with Crippen molar-refractivity contribution in [3.63, 3.8) is 0 Å². The second kappa shape index (κ2) is 9.03. The lowest BCUT2D eigenvalue weighted by molar-refractivity contribution is 0.0472. The minimum absolute atomic E-state index is 0.218. The van der Waals surface area contributed by atoms with E-state index in [1.54, 1.807) is 27.0 Å². The number of aryl methyl sites for hydroxylation is 4. The third-order valence-corrected chi connectivity index (χ3v) is 5.25. The molecule has 0 saturated carbocycles. The summed E-state index contributed by atoms with van der Waals surface area (Å²) in [5, 5.41) is 0. The van der Waals surface area contributed by atoms with Crippen LogP contribution in [0.1, 0.15) is 49.2 Å². The maximum atomic E-state index is 12.7. The van der Waals surface area contributed by atoms with Crippen LogP contribution in [0.25, 0.3) is 0 Å². The first-order valence-electron chi connectivity index (χ1n) is 9.87. The Bertz CT molecular complexity index is 1060. The minimum Gasteiger partial charge on any atom is -0.497 e. The van der Waals surface area contributed by atoms with E-state index in [1.165, 1.54) is 5.56 Å². The number of hydrogen-bond acceptors (Lipinski definition) is 5. The molecule has 158 valence electrons. The van der Waals surface area contributed by atoms with Gasteiger partial charge in [0.05, 0.1) is 7.11 Å². The summed E-state index contributed by atoms with van der Waals surface area (Å²) >= 11 is 0. The first kappa shape index (κ1) is 21.4. The van der Waals surface area contributed by atoms with Gasteiger partial charge in [0.1, 0.15) is 22.8 Å². The quantitative estimate of drug-likeness (QED) is 0.401. The Morgan fingerprint density at radius 1 is 1.00 bits per heavy atom. The van der Waals surface area contributed by atoms with Gasteiger partial charge in [-0.2, -0.15) is 0 Å². The molecule has 0 aliphatic rings. The lowest BCUT2D eigenvalue weighted by atomic mass is 10.1. The number of rotatable bonds is 8. The Morgan fingerprint density at radius 3 is 2.30 bits per heavy atom. The van der Waals surface area contributed by atoms with Crippen molar-refractivity contribution in [3.8, 4) is 5.75 Å². The summed E-state index contributed by atoms with van der Waals surface area (Å²) in [6.45, 7) is 7.80. The Balaban J connectivity index is 1.64. The number of carbonyl (C=O) groups excluding carboxylic acids is 2. The summed E-state index contributed by atoms with van der Waals surface area (Å²) in [6.07, 6.45) is 0.835. The van der Waals surface area contributed by atoms with Gasteiger partial charge in [-0.1, -0.05) is 12.1 Å². The fourth-order valence-electron chi connectivity index (χ4n) is 3.58. The van der Waals surface area contributed by atoms with Gasteiger partial charge in [0.2, 0.25) is 5.78 Å². The molecule has 0 aliphatic heterocycles. The smallest absolute Gasteiger partial charge is 0.342 e. The predicted molar refractivity (Wildman–Crippen MR) is 113 cm³/mol. The topological polar surface area (TPSA) is 70.7 Å². The standard InChI is InChI=1S/C24H27NO5/c1-15-12-21(23(26)14-29-24(27)22-13-16(2)30-18(22)4)17(3)25(15)11-10-19-6-8-20(28-5)9-7-19/h6-9,12-13H,10-11,14H2,1-5H3. The first-order valence-corrected chi connectivity index (χ1v) is 9.87. The number of furan rings is 1. The maximum Gasteiger partial charge on any atom is 0.342 e. The second-order valence-corrected chi connectivity index (χ2v) is 7.36. The van der Waals surface area contributed by atoms with E-state index < -0.39 is 5.97 Å². The number of methoxy groups -OCH3 is 1. The Labute approximate surface area is 176 Å². The highest BCUT2D eigenvalue weighted by Crippen LogP contribution is 2.19. The van der Waals surface area contributed by atoms with E-state index in [0.29, 0.717) is 22.6 Å². The highest BCUT2D eigenvalue weighted by atomic mass is 16.5. The lowest BCUT2D eigenvalue weighted by Crippen LogP contribution is -2.15. The summed E-state index contributed by atoms with van der Waals surface area (Å²) in [7, 11) is 1.65. The van der Waals surface area contributed by atoms with Crippen LogP contribution in [0.15, 0.2) is 40.8 Å². The molecule has 0 atom stereocenters. The van der Waals surface area contributed by atoms with Crippen molar-refractivity contribution >= 4 is 11.8 Å². The number of nitrogens with zero attached hydrogens (tertiary/aromatic N) is 1. The number of ketones is 1. The number of carbonyl (C=O) groups is 2. The molecule has 1 aromatic carbocycles. The average Bonchev–Trinajstić information content (AvgIpc) is 3.22. The molecule has 6 heteroatoms. The van der Waals surface area contributed by atoms with E-state index in [2.05, 4.69) is 4.57 Å². The van der Waals surface area contributed by atoms with Gasteiger partial charge in [-0.3, -0.25) is 4.79 Å². The van der Waals surface area contributed by atoms with Crippen LogP contribution in [0.3, 0.4) is 0 Å². The summed E-state index contributed by atoms with van der Waals surface area (Å²) < 4.78 is 17.9. The Kier molecular flexibility index (Phi) is 6.45. The minimum atomic E-state index is -0.550. The van der Waals surface area contributed by atoms with Crippen LogP contribution in [0.4, 0.5) is 0 Å². The number of ether oxygens (including phenoxy) is 2. The molecular weight excluding hydrogens is 382 g/mol. The first-order chi connectivity index (χ1) is 14.3. The molecule has 2 aromatic heterocycles. The van der Waals surface area contributed by atoms with Gasteiger partial charge in [0.25, 0.3) is 0 Å². The zero-order chi connectivity index (χ0) is 21.8. The van der Waals surface area contributed by atoms with Crippen LogP contribution in [0.5, 0.6) is 5.75 Å². The Morgan fingerprint density at radius 2 is 1.70 bits per heavy atom. The maximum absolute atomic E-state index is 12.7. The van der Waals surface area contributed by atoms with Gasteiger partial charge in [0, 0.05) is 23.5 Å². The van der Waals surface area contributed by atoms with Crippen LogP contribution >= 0.6 is 0 Å². The largest absolute Gasteiger partial charge is 0.497 e. The van der Waals surface area contributed by atoms with Gasteiger partial charge >= 0.3 is 5.97 Å². The van der Waals surface area contributed by atoms with Crippen molar-refractivity contribution in [3.05, 3.63) is 76.0 Å². The molecule has 2 heterocycles. The highest BCUT2D eigenvalue weighted by molar-refractivity contribution is 6.00. The molecule has 3 rings (SSSR count). The van der Waals surface area contributed by atoms with E-state index in [1.807, 2.05) is 44.2 Å². The summed E-state index contributed by atoms with van der Waals surface area (Å²) in [5.74, 6) is 1.18. The van der Waals surface area contributed by atoms with Crippen LogP contribution < -0.4 is 4.74 Å². The van der Waals surface area contributed by atoms with E-state index in [4.69, 9.17) is 13.9 Å². The van der Waals surface area contributed by atoms with E-state index >= 15 is 0 Å². The van der Waals surface area contributed by atoms with Crippen molar-refractivity contribution in [2.24, 2.45) is 0 Å². The molecule has 0 N–H and O–H groups in total. The molecule has 0 spiro atoms. The van der Waals surface area contributed by atoms with Crippen molar-refractivity contribution in [1.29, 1.82) is 0 Å². The molecule has 0 fully saturated rings. The molecule has 0 saturated heterocycles. The summed E-state index contributed by atoms with van der Waals surface area (Å²) in [6, 6.07) is 11.4. The SMILES string of the molecule is COc1ccc(CCn2c(C)cc(C(=O)COC(=O)c3cc(C)oc3C)c2C)cc1. The van der Waals surface area contributed by atoms with Crippen LogP contribution in [0.2, 0.25) is 0 Å². The zero-order valence-corrected chi connectivity index (χ0v) is 18.1. The third kappa shape index (κ3) is 4.64. The normalized spacial score (nSPS) is 10.8. The van der Waals surface area contributed by atoms with E-state index in [0.717, 1.165) is 30.1 Å². The molecule has 30 heavy (non-hydrogen) atoms. The third-order valence-electron chi connectivity index (χ3n) is 5.25. The fraction of sp³-hybridized carbons (Fsp3) is 0.333. The average molecular weight is 409 g/mol. The lowest BCUT2D eigenvalue weighted by Gasteiger charge is -2.10. The molecule has 0 amide bonds. The van der Waals surface area contributed by atoms with Crippen molar-refractivity contribution in [2.45, 2.75) is 40.7 Å². The molecule has 6 nitrogen and oxygen atoms in total. The summed E-state index contributed by atoms with van der Waals surface area (Å²) in [4.78, 5) is 24.9. The van der Waals surface area contributed by atoms with Gasteiger partial charge in [-0.25, -0.2) is 4.79 Å². The van der Waals surface area contributed by atoms with Gasteiger partial charge in [-0.05, 0) is 63.9 Å². The van der Waals surface area contributed by atoms with Gasteiger partial charge < -0.3 is 18.5 Å². The molecule has 3 aromatic rings. The second-order valence-electron chi connectivity index (χ2n) is 7.36. The van der Waals surface area contributed by atoms with Crippen LogP contribution in [0, 0.1) is 27.7 Å². The fourth-order valence-corrected chi connectivity index (χ4v) is 3.58. The van der Waals surface area contributed by atoms with E-state index in [9.17, 15) is 9.59 Å². The highest BCUT2D eigenvalue weighted by Gasteiger charge is 2.20. The van der Waals surface area contributed by atoms with Crippen LogP contribution in [-0.2, 0) is 17.7 Å². The van der Waals surface area contributed by atoms with Crippen molar-refractivity contribution < 1.29 is 23.5 Å². The van der Waals surface area contributed by atoms with Gasteiger partial charge in [0.15, 0.2) is 6.61 Å². The Hall–Kier alpha value is -3.28. The number of hydrogen-bond donors (Lipinski definition) is 0. The molecule has 0 unspecified atom stereocenters. The predicted octanol–water partition coefficient (Wildman–Crippen LogP) is 4.61. The number of Topliss-reactive ketones (excluding diaryl/α,β-unsaturated/α-hetero) is 1. The molecular formula is C24H27NO5. The molecule has 0 radical (unpaired) electrons. The summed E-state index contributed by atoms with van der Waals surface area (Å²) in [5.41, 5.74) is 3.99. The monoisotopic (exact) mass is 409 g/mol.